The van der Waals surface area contributed by atoms with E-state index in [1.807, 2.05) is 18.2 Å². The number of amides is 1. The van der Waals surface area contributed by atoms with Crippen LogP contribution < -0.4 is 14.8 Å². The topological polar surface area (TPSA) is 47.6 Å². The number of hydrogen-bond acceptors (Lipinski definition) is 4. The summed E-state index contributed by atoms with van der Waals surface area (Å²) in [6.07, 6.45) is 2.13. The number of rotatable bonds is 6. The first-order chi connectivity index (χ1) is 12.4. The lowest BCUT2D eigenvalue weighted by molar-refractivity contribution is 0.0954. The molecule has 1 heterocycles. The summed E-state index contributed by atoms with van der Waals surface area (Å²) in [4.78, 5) is 15.0. The molecule has 0 fully saturated rings. The molecule has 1 aromatic carbocycles. The van der Waals surface area contributed by atoms with Crippen molar-refractivity contribution in [1.82, 2.24) is 5.32 Å². The Bertz CT molecular complexity index is 810. The maximum atomic E-state index is 12.8. The molecule has 1 atom stereocenters. The first-order valence-electron chi connectivity index (χ1n) is 9.04. The molecule has 4 nitrogen and oxygen atoms in total. The van der Waals surface area contributed by atoms with Gasteiger partial charge >= 0.3 is 0 Å². The Morgan fingerprint density at radius 1 is 1.23 bits per heavy atom. The van der Waals surface area contributed by atoms with Gasteiger partial charge in [-0.3, -0.25) is 4.79 Å². The van der Waals surface area contributed by atoms with Crippen LogP contribution in [0.4, 0.5) is 0 Å². The zero-order valence-corrected chi connectivity index (χ0v) is 17.0. The molecule has 0 saturated carbocycles. The van der Waals surface area contributed by atoms with Crippen LogP contribution in [0.2, 0.25) is 0 Å². The van der Waals surface area contributed by atoms with Crippen molar-refractivity contribution >= 4 is 17.2 Å². The van der Waals surface area contributed by atoms with Crippen LogP contribution in [-0.4, -0.2) is 20.1 Å². The summed E-state index contributed by atoms with van der Waals surface area (Å²) in [5.41, 5.74) is 3.61. The zero-order valence-electron chi connectivity index (χ0n) is 16.1. The highest BCUT2D eigenvalue weighted by molar-refractivity contribution is 7.14. The Hall–Kier alpha value is -2.01. The highest BCUT2D eigenvalue weighted by atomic mass is 32.1. The first kappa shape index (κ1) is 18.8. The molecule has 1 N–H and O–H groups in total. The smallest absolute Gasteiger partial charge is 0.261 e. The number of carbonyl (C=O) groups is 1. The van der Waals surface area contributed by atoms with Gasteiger partial charge < -0.3 is 14.8 Å². The highest BCUT2D eigenvalue weighted by Crippen LogP contribution is 2.40. The van der Waals surface area contributed by atoms with Crippen LogP contribution in [0.25, 0.3) is 0 Å². The summed E-state index contributed by atoms with van der Waals surface area (Å²) in [5, 5.41) is 3.07. The van der Waals surface area contributed by atoms with Crippen molar-refractivity contribution in [2.24, 2.45) is 11.8 Å². The summed E-state index contributed by atoms with van der Waals surface area (Å²) in [6.45, 7) is 7.11. The van der Waals surface area contributed by atoms with Crippen LogP contribution in [0.3, 0.4) is 0 Å². The third-order valence-electron chi connectivity index (χ3n) is 5.33. The van der Waals surface area contributed by atoms with E-state index in [9.17, 15) is 4.79 Å². The zero-order chi connectivity index (χ0) is 18.8. The fourth-order valence-corrected chi connectivity index (χ4v) is 4.74. The van der Waals surface area contributed by atoms with Crippen molar-refractivity contribution < 1.29 is 14.3 Å². The van der Waals surface area contributed by atoms with Gasteiger partial charge in [0.1, 0.15) is 11.5 Å². The third kappa shape index (κ3) is 3.58. The minimum Gasteiger partial charge on any atom is -0.497 e. The van der Waals surface area contributed by atoms with E-state index in [1.165, 1.54) is 16.0 Å². The third-order valence-corrected chi connectivity index (χ3v) is 6.52. The van der Waals surface area contributed by atoms with Crippen LogP contribution in [0, 0.1) is 18.8 Å². The Balaban J connectivity index is 1.74. The molecule has 140 valence electrons. The van der Waals surface area contributed by atoms with Gasteiger partial charge in [-0.1, -0.05) is 13.8 Å². The molecular weight excluding hydrogens is 346 g/mol. The van der Waals surface area contributed by atoms with Crippen molar-refractivity contribution in [3.8, 4) is 11.5 Å². The number of benzene rings is 1. The molecular formula is C21H27NO3S. The molecule has 3 rings (SSSR count). The average molecular weight is 374 g/mol. The maximum Gasteiger partial charge on any atom is 0.261 e. The van der Waals surface area contributed by atoms with Gasteiger partial charge in [-0.25, -0.2) is 0 Å². The van der Waals surface area contributed by atoms with E-state index in [-0.39, 0.29) is 5.91 Å². The molecule has 0 saturated heterocycles. The monoisotopic (exact) mass is 373 g/mol. The highest BCUT2D eigenvalue weighted by Gasteiger charge is 2.31. The number of ether oxygens (including phenoxy) is 2. The molecule has 26 heavy (non-hydrogen) atoms. The normalized spacial score (nSPS) is 15.8. The van der Waals surface area contributed by atoms with E-state index in [0.29, 0.717) is 18.4 Å². The molecule has 0 aliphatic heterocycles. The number of aryl methyl sites for hydroxylation is 1. The number of hydrogen-bond donors (Lipinski definition) is 1. The molecule has 0 unspecified atom stereocenters. The predicted molar refractivity (Wildman–Crippen MR) is 106 cm³/mol. The second kappa shape index (κ2) is 7.70. The number of carbonyl (C=O) groups excluding carboxylic acids is 1. The molecule has 1 amide bonds. The van der Waals surface area contributed by atoms with Gasteiger partial charge in [-0.2, -0.15) is 0 Å². The molecule has 0 radical (unpaired) electrons. The second-order valence-electron chi connectivity index (χ2n) is 7.22. The SMILES string of the molecule is COc1ccc(CNC(=O)c2sc(C)c3c2C[C@@H](C(C)C)C3)c(OC)c1. The van der Waals surface area contributed by atoms with Crippen LogP contribution in [0.1, 0.15) is 45.1 Å². The summed E-state index contributed by atoms with van der Waals surface area (Å²) in [6, 6.07) is 5.64. The number of nitrogens with one attached hydrogen (secondary N) is 1. The second-order valence-corrected chi connectivity index (χ2v) is 8.44. The molecule has 0 spiro atoms. The van der Waals surface area contributed by atoms with Crippen LogP contribution in [0.15, 0.2) is 18.2 Å². The maximum absolute atomic E-state index is 12.8. The lowest BCUT2D eigenvalue weighted by Gasteiger charge is -2.14. The fraction of sp³-hybridized carbons (Fsp3) is 0.476. The molecule has 2 aromatic rings. The van der Waals surface area contributed by atoms with E-state index in [4.69, 9.17) is 9.47 Å². The Kier molecular flexibility index (Phi) is 5.56. The summed E-state index contributed by atoms with van der Waals surface area (Å²) >= 11 is 1.63. The average Bonchev–Trinajstić information content (AvgIpc) is 3.20. The van der Waals surface area contributed by atoms with Crippen molar-refractivity contribution in [2.75, 3.05) is 14.2 Å². The van der Waals surface area contributed by atoms with Crippen LogP contribution in [0.5, 0.6) is 11.5 Å². The summed E-state index contributed by atoms with van der Waals surface area (Å²) in [5.74, 6) is 2.77. The summed E-state index contributed by atoms with van der Waals surface area (Å²) in [7, 11) is 3.25. The van der Waals surface area contributed by atoms with Gasteiger partial charge in [0.15, 0.2) is 0 Å². The lowest BCUT2D eigenvalue weighted by Crippen LogP contribution is -2.23. The van der Waals surface area contributed by atoms with Gasteiger partial charge in [0, 0.05) is 23.1 Å². The van der Waals surface area contributed by atoms with Gasteiger partial charge in [-0.05, 0) is 54.9 Å². The Morgan fingerprint density at radius 2 is 1.96 bits per heavy atom. The van der Waals surface area contributed by atoms with Crippen molar-refractivity contribution in [2.45, 2.75) is 40.2 Å². The molecule has 1 aliphatic carbocycles. The van der Waals surface area contributed by atoms with Gasteiger partial charge in [0.2, 0.25) is 0 Å². The van der Waals surface area contributed by atoms with E-state index in [1.54, 1.807) is 25.6 Å². The van der Waals surface area contributed by atoms with Gasteiger partial charge in [0.25, 0.3) is 5.91 Å². The van der Waals surface area contributed by atoms with Crippen LogP contribution >= 0.6 is 11.3 Å². The molecule has 1 aromatic heterocycles. The van der Waals surface area contributed by atoms with Crippen molar-refractivity contribution in [3.05, 3.63) is 44.6 Å². The number of fused-ring (bicyclic) bond motifs is 1. The molecule has 0 bridgehead atoms. The standard InChI is InChI=1S/C21H27NO3S/c1-12(2)15-8-17-13(3)26-20(18(17)9-15)21(23)22-11-14-6-7-16(24-4)10-19(14)25-5/h6-7,10,12,15H,8-9,11H2,1-5H3,(H,22,23)/t15-/m0/s1. The quantitative estimate of drug-likeness (QED) is 0.818. The minimum absolute atomic E-state index is 0.0154. The minimum atomic E-state index is 0.0154. The molecule has 1 aliphatic rings. The van der Waals surface area contributed by atoms with E-state index >= 15 is 0 Å². The molecule has 5 heteroatoms. The summed E-state index contributed by atoms with van der Waals surface area (Å²) < 4.78 is 10.6. The van der Waals surface area contributed by atoms with Crippen molar-refractivity contribution in [3.63, 3.8) is 0 Å². The van der Waals surface area contributed by atoms with E-state index < -0.39 is 0 Å². The van der Waals surface area contributed by atoms with Gasteiger partial charge in [0.05, 0.1) is 19.1 Å². The van der Waals surface area contributed by atoms with Gasteiger partial charge in [-0.15, -0.1) is 11.3 Å². The van der Waals surface area contributed by atoms with Crippen LogP contribution in [-0.2, 0) is 19.4 Å². The fourth-order valence-electron chi connectivity index (χ4n) is 3.61. The Labute approximate surface area is 159 Å². The Morgan fingerprint density at radius 3 is 2.62 bits per heavy atom. The first-order valence-corrected chi connectivity index (χ1v) is 9.86. The number of methoxy groups -OCH3 is 2. The predicted octanol–water partition coefficient (Wildman–Crippen LogP) is 4.37. The van der Waals surface area contributed by atoms with E-state index in [0.717, 1.165) is 34.8 Å². The largest absolute Gasteiger partial charge is 0.497 e. The number of thiophene rings is 1. The lowest BCUT2D eigenvalue weighted by atomic mass is 9.93. The van der Waals surface area contributed by atoms with E-state index in [2.05, 4.69) is 26.1 Å². The van der Waals surface area contributed by atoms with Crippen molar-refractivity contribution in [1.29, 1.82) is 0 Å².